The zero-order valence-electron chi connectivity index (χ0n) is 7.34. The van der Waals surface area contributed by atoms with Gasteiger partial charge in [-0.2, -0.15) is 0 Å². The predicted octanol–water partition coefficient (Wildman–Crippen LogP) is 0.859. The van der Waals surface area contributed by atoms with Crippen LogP contribution in [-0.2, 0) is 12.8 Å². The van der Waals surface area contributed by atoms with E-state index in [0.29, 0.717) is 5.69 Å². The van der Waals surface area contributed by atoms with Crippen molar-refractivity contribution in [1.29, 1.82) is 0 Å². The van der Waals surface area contributed by atoms with Gasteiger partial charge in [0.25, 0.3) is 5.91 Å². The van der Waals surface area contributed by atoms with Crippen LogP contribution in [0.3, 0.4) is 0 Å². The third kappa shape index (κ3) is 1.41. The largest absolute Gasteiger partial charge is 0.364 e. The number of carbonyl (C=O) groups is 1. The normalized spacial score (nSPS) is 15.1. The Morgan fingerprint density at radius 1 is 1.46 bits per heavy atom. The summed E-state index contributed by atoms with van der Waals surface area (Å²) in [6.45, 7) is 0. The second kappa shape index (κ2) is 3.17. The van der Waals surface area contributed by atoms with Crippen LogP contribution in [0.1, 0.15) is 34.5 Å². The topological polar surface area (TPSA) is 56.0 Å². The quantitative estimate of drug-likeness (QED) is 0.688. The van der Waals surface area contributed by atoms with Crippen LogP contribution in [-0.4, -0.2) is 10.9 Å². The number of nitrogens with two attached hydrogens (primary N) is 1. The summed E-state index contributed by atoms with van der Waals surface area (Å²) in [5.41, 5.74) is 7.86. The fourth-order valence-electron chi connectivity index (χ4n) is 1.80. The van der Waals surface area contributed by atoms with Crippen molar-refractivity contribution in [2.75, 3.05) is 0 Å². The molecule has 0 spiro atoms. The highest BCUT2D eigenvalue weighted by atomic mass is 16.1. The number of carbonyl (C=O) groups excluding carboxylic acids is 1. The van der Waals surface area contributed by atoms with Crippen molar-refractivity contribution in [1.82, 2.24) is 4.98 Å². The number of aryl methyl sites for hydroxylation is 1. The van der Waals surface area contributed by atoms with Crippen molar-refractivity contribution in [3.05, 3.63) is 29.1 Å². The molecule has 1 aliphatic carbocycles. The lowest BCUT2D eigenvalue weighted by atomic mass is 9.91. The number of amides is 1. The van der Waals surface area contributed by atoms with E-state index in [1.807, 2.05) is 6.07 Å². The van der Waals surface area contributed by atoms with Gasteiger partial charge in [0, 0.05) is 0 Å². The van der Waals surface area contributed by atoms with E-state index in [4.69, 9.17) is 5.73 Å². The van der Waals surface area contributed by atoms with Crippen LogP contribution in [0.25, 0.3) is 0 Å². The van der Waals surface area contributed by atoms with Gasteiger partial charge in [0.1, 0.15) is 5.69 Å². The molecule has 0 aromatic carbocycles. The molecule has 2 N–H and O–H groups in total. The summed E-state index contributed by atoms with van der Waals surface area (Å²) in [7, 11) is 0. The summed E-state index contributed by atoms with van der Waals surface area (Å²) in [4.78, 5) is 14.9. The fraction of sp³-hybridized carbons (Fsp3) is 0.400. The van der Waals surface area contributed by atoms with Crippen molar-refractivity contribution in [2.45, 2.75) is 25.7 Å². The molecule has 13 heavy (non-hydrogen) atoms. The molecule has 1 aromatic rings. The summed E-state index contributed by atoms with van der Waals surface area (Å²) < 4.78 is 0. The number of hydrogen-bond acceptors (Lipinski definition) is 2. The van der Waals surface area contributed by atoms with Crippen LogP contribution in [0.15, 0.2) is 6.07 Å². The van der Waals surface area contributed by atoms with Gasteiger partial charge in [-0.05, 0) is 42.9 Å². The third-order valence-electron chi connectivity index (χ3n) is 2.44. The van der Waals surface area contributed by atoms with Gasteiger partial charge in [0.2, 0.25) is 0 Å². The summed E-state index contributed by atoms with van der Waals surface area (Å²) in [5, 5.41) is 0. The molecular weight excluding hydrogens is 164 g/mol. The van der Waals surface area contributed by atoms with Gasteiger partial charge in [-0.15, -0.1) is 0 Å². The minimum absolute atomic E-state index is 0.414. The van der Waals surface area contributed by atoms with Gasteiger partial charge >= 0.3 is 0 Å². The maximum absolute atomic E-state index is 11.0. The van der Waals surface area contributed by atoms with Gasteiger partial charge in [-0.25, -0.2) is 4.98 Å². The number of nitrogens with zero attached hydrogens (tertiary/aromatic N) is 1. The molecule has 0 atom stereocenters. The molecule has 0 aliphatic heterocycles. The lowest BCUT2D eigenvalue weighted by Gasteiger charge is -2.16. The van der Waals surface area contributed by atoms with Gasteiger partial charge in [0.15, 0.2) is 0 Å². The maximum Gasteiger partial charge on any atom is 0.267 e. The average molecular weight is 175 g/mol. The summed E-state index contributed by atoms with van der Waals surface area (Å²) >= 11 is 0. The lowest BCUT2D eigenvalue weighted by Crippen LogP contribution is -2.18. The third-order valence-corrected chi connectivity index (χ3v) is 2.44. The van der Waals surface area contributed by atoms with Crippen LogP contribution in [0.5, 0.6) is 0 Å². The highest BCUT2D eigenvalue weighted by Gasteiger charge is 2.16. The smallest absolute Gasteiger partial charge is 0.267 e. The van der Waals surface area contributed by atoms with Gasteiger partial charge < -0.3 is 5.73 Å². The van der Waals surface area contributed by atoms with E-state index in [-0.39, 0.29) is 0 Å². The highest BCUT2D eigenvalue weighted by Crippen LogP contribution is 2.22. The van der Waals surface area contributed by atoms with Crippen molar-refractivity contribution >= 4 is 5.91 Å². The molecule has 1 heterocycles. The van der Waals surface area contributed by atoms with Crippen LogP contribution in [0.2, 0.25) is 0 Å². The Kier molecular flexibility index (Phi) is 2.00. The number of aromatic nitrogens is 1. The van der Waals surface area contributed by atoms with E-state index in [2.05, 4.69) is 11.2 Å². The Balaban J connectivity index is 2.52. The van der Waals surface area contributed by atoms with Gasteiger partial charge in [-0.1, -0.05) is 0 Å². The zero-order valence-corrected chi connectivity index (χ0v) is 7.34. The molecule has 3 nitrogen and oxygen atoms in total. The molecule has 3 heteroatoms. The Morgan fingerprint density at radius 3 is 3.00 bits per heavy atom. The summed E-state index contributed by atoms with van der Waals surface area (Å²) in [6.07, 6.45) is 6.98. The molecule has 1 amide bonds. The Morgan fingerprint density at radius 2 is 2.23 bits per heavy atom. The molecule has 1 aromatic heterocycles. The summed E-state index contributed by atoms with van der Waals surface area (Å²) in [5.74, 6) is -0.435. The first kappa shape index (κ1) is 8.23. The van der Waals surface area contributed by atoms with Crippen LogP contribution < -0.4 is 5.73 Å². The molecule has 1 radical (unpaired) electrons. The monoisotopic (exact) mass is 175 g/mol. The Bertz CT molecular complexity index is 347. The molecule has 2 rings (SSSR count). The minimum atomic E-state index is -0.435. The minimum Gasteiger partial charge on any atom is -0.364 e. The molecule has 67 valence electrons. The molecule has 0 fully saturated rings. The van der Waals surface area contributed by atoms with E-state index in [0.717, 1.165) is 24.8 Å². The fourth-order valence-corrected chi connectivity index (χ4v) is 1.80. The first-order valence-electron chi connectivity index (χ1n) is 4.47. The van der Waals surface area contributed by atoms with E-state index >= 15 is 0 Å². The van der Waals surface area contributed by atoms with Crippen LogP contribution in [0, 0.1) is 6.20 Å². The number of pyridine rings is 1. The number of hydrogen-bond donors (Lipinski definition) is 1. The molecule has 0 saturated carbocycles. The molecular formula is C10H11N2O. The SMILES string of the molecule is NC(=O)c1n[c]cc2c1CCCC2. The second-order valence-electron chi connectivity index (χ2n) is 3.31. The molecule has 0 unspecified atom stereocenters. The number of rotatable bonds is 1. The van der Waals surface area contributed by atoms with Crippen molar-refractivity contribution < 1.29 is 4.79 Å². The number of primary amides is 1. The van der Waals surface area contributed by atoms with E-state index in [1.54, 1.807) is 0 Å². The second-order valence-corrected chi connectivity index (χ2v) is 3.31. The van der Waals surface area contributed by atoms with Gasteiger partial charge in [-0.3, -0.25) is 4.79 Å². The molecule has 1 aliphatic rings. The Hall–Kier alpha value is -1.38. The van der Waals surface area contributed by atoms with E-state index in [1.165, 1.54) is 12.0 Å². The zero-order chi connectivity index (χ0) is 9.26. The van der Waals surface area contributed by atoms with Crippen molar-refractivity contribution in [3.63, 3.8) is 0 Å². The lowest BCUT2D eigenvalue weighted by molar-refractivity contribution is 0.0994. The number of fused-ring (bicyclic) bond motifs is 1. The highest BCUT2D eigenvalue weighted by molar-refractivity contribution is 5.92. The molecule has 0 bridgehead atoms. The van der Waals surface area contributed by atoms with Crippen LogP contribution >= 0.6 is 0 Å². The first-order valence-corrected chi connectivity index (χ1v) is 4.47. The maximum atomic E-state index is 11.0. The van der Waals surface area contributed by atoms with Crippen molar-refractivity contribution in [2.24, 2.45) is 5.73 Å². The first-order chi connectivity index (χ1) is 6.29. The van der Waals surface area contributed by atoms with Gasteiger partial charge in [0.05, 0.1) is 6.20 Å². The predicted molar refractivity (Wildman–Crippen MR) is 48.2 cm³/mol. The Labute approximate surface area is 77.0 Å². The van der Waals surface area contributed by atoms with Crippen LogP contribution in [0.4, 0.5) is 0 Å². The van der Waals surface area contributed by atoms with E-state index < -0.39 is 5.91 Å². The van der Waals surface area contributed by atoms with E-state index in [9.17, 15) is 4.79 Å². The summed E-state index contributed by atoms with van der Waals surface area (Å²) in [6, 6.07) is 1.86. The molecule has 0 saturated heterocycles. The average Bonchev–Trinajstić information content (AvgIpc) is 2.17. The van der Waals surface area contributed by atoms with Crippen molar-refractivity contribution in [3.8, 4) is 0 Å². The standard InChI is InChI=1S/C10H11N2O/c11-10(13)9-8-4-2-1-3-7(8)5-6-12-9/h5H,1-4H2,(H2,11,13).